The van der Waals surface area contributed by atoms with Gasteiger partial charge in [0, 0.05) is 19.6 Å². The zero-order valence-electron chi connectivity index (χ0n) is 8.98. The standard InChI is InChI=1S/C11H16N2O3/c12-5-6-13-7-8-16-10-3-1-9(2-4-10)11(14)15/h1-4,13H,5-8,12H2,(H,14,15). The number of ether oxygens (including phenoxy) is 1. The number of hydrogen-bond acceptors (Lipinski definition) is 4. The molecule has 0 saturated heterocycles. The second kappa shape index (κ2) is 6.81. The highest BCUT2D eigenvalue weighted by Gasteiger charge is 2.01. The number of hydrogen-bond donors (Lipinski definition) is 3. The molecule has 0 atom stereocenters. The highest BCUT2D eigenvalue weighted by atomic mass is 16.5. The van der Waals surface area contributed by atoms with Crippen molar-refractivity contribution < 1.29 is 14.6 Å². The molecule has 5 nitrogen and oxygen atoms in total. The van der Waals surface area contributed by atoms with Crippen molar-refractivity contribution in [2.75, 3.05) is 26.2 Å². The van der Waals surface area contributed by atoms with Crippen molar-refractivity contribution in [2.45, 2.75) is 0 Å². The minimum absolute atomic E-state index is 0.258. The van der Waals surface area contributed by atoms with E-state index in [0.29, 0.717) is 18.9 Å². The third-order valence-electron chi connectivity index (χ3n) is 1.97. The molecule has 1 aromatic rings. The summed E-state index contributed by atoms with van der Waals surface area (Å²) in [4.78, 5) is 10.6. The quantitative estimate of drug-likeness (QED) is 0.580. The van der Waals surface area contributed by atoms with Gasteiger partial charge in [0.25, 0.3) is 0 Å². The number of carboxylic acids is 1. The molecule has 0 spiro atoms. The van der Waals surface area contributed by atoms with Crippen molar-refractivity contribution in [3.05, 3.63) is 29.8 Å². The maximum Gasteiger partial charge on any atom is 0.335 e. The molecule has 1 aromatic carbocycles. The average Bonchev–Trinajstić information content (AvgIpc) is 2.29. The maximum absolute atomic E-state index is 10.6. The highest BCUT2D eigenvalue weighted by Crippen LogP contribution is 2.11. The molecule has 0 heterocycles. The van der Waals surface area contributed by atoms with Gasteiger partial charge in [0.2, 0.25) is 0 Å². The Kier molecular flexibility index (Phi) is 5.31. The van der Waals surface area contributed by atoms with Crippen molar-refractivity contribution >= 4 is 5.97 Å². The topological polar surface area (TPSA) is 84.6 Å². The summed E-state index contributed by atoms with van der Waals surface area (Å²) in [7, 11) is 0. The van der Waals surface area contributed by atoms with Gasteiger partial charge in [-0.2, -0.15) is 0 Å². The van der Waals surface area contributed by atoms with Crippen LogP contribution in [0.4, 0.5) is 0 Å². The fraction of sp³-hybridized carbons (Fsp3) is 0.364. The zero-order valence-corrected chi connectivity index (χ0v) is 8.98. The van der Waals surface area contributed by atoms with Gasteiger partial charge >= 0.3 is 5.97 Å². The fourth-order valence-electron chi connectivity index (χ4n) is 1.16. The molecule has 0 saturated carbocycles. The smallest absolute Gasteiger partial charge is 0.335 e. The van der Waals surface area contributed by atoms with E-state index in [-0.39, 0.29) is 5.56 Å². The highest BCUT2D eigenvalue weighted by molar-refractivity contribution is 5.87. The van der Waals surface area contributed by atoms with E-state index < -0.39 is 5.97 Å². The normalized spacial score (nSPS) is 10.1. The van der Waals surface area contributed by atoms with E-state index in [1.807, 2.05) is 0 Å². The molecule has 5 heteroatoms. The minimum atomic E-state index is -0.934. The summed E-state index contributed by atoms with van der Waals surface area (Å²) in [6, 6.07) is 6.33. The van der Waals surface area contributed by atoms with E-state index in [1.165, 1.54) is 12.1 Å². The molecule has 88 valence electrons. The van der Waals surface area contributed by atoms with Gasteiger partial charge in [0.05, 0.1) is 5.56 Å². The van der Waals surface area contributed by atoms with E-state index in [1.54, 1.807) is 12.1 Å². The number of aromatic carboxylic acids is 1. The van der Waals surface area contributed by atoms with Gasteiger partial charge in [-0.1, -0.05) is 0 Å². The number of nitrogens with one attached hydrogen (secondary N) is 1. The van der Waals surface area contributed by atoms with Crippen LogP contribution in [-0.4, -0.2) is 37.3 Å². The fourth-order valence-corrected chi connectivity index (χ4v) is 1.16. The molecule has 0 unspecified atom stereocenters. The first kappa shape index (κ1) is 12.5. The van der Waals surface area contributed by atoms with E-state index >= 15 is 0 Å². The van der Waals surface area contributed by atoms with Crippen LogP contribution in [-0.2, 0) is 0 Å². The Morgan fingerprint density at radius 2 is 2.00 bits per heavy atom. The lowest BCUT2D eigenvalue weighted by Gasteiger charge is -2.06. The van der Waals surface area contributed by atoms with Gasteiger partial charge in [-0.05, 0) is 24.3 Å². The van der Waals surface area contributed by atoms with Crippen molar-refractivity contribution in [1.82, 2.24) is 5.32 Å². The SMILES string of the molecule is NCCNCCOc1ccc(C(=O)O)cc1. The monoisotopic (exact) mass is 224 g/mol. The van der Waals surface area contributed by atoms with Crippen molar-refractivity contribution in [1.29, 1.82) is 0 Å². The summed E-state index contributed by atoms with van der Waals surface area (Å²) in [5.74, 6) is -0.268. The Bertz CT molecular complexity index is 325. The van der Waals surface area contributed by atoms with E-state index in [0.717, 1.165) is 13.1 Å². The molecular weight excluding hydrogens is 208 g/mol. The first-order valence-corrected chi connectivity index (χ1v) is 5.11. The largest absolute Gasteiger partial charge is 0.492 e. The summed E-state index contributed by atoms with van der Waals surface area (Å²) in [5, 5.41) is 11.8. The van der Waals surface area contributed by atoms with Crippen LogP contribution in [0.15, 0.2) is 24.3 Å². The van der Waals surface area contributed by atoms with Crippen LogP contribution in [0.5, 0.6) is 5.75 Å². The predicted molar refractivity (Wildman–Crippen MR) is 60.8 cm³/mol. The number of benzene rings is 1. The maximum atomic E-state index is 10.6. The number of carboxylic acid groups (broad SMARTS) is 1. The van der Waals surface area contributed by atoms with Gasteiger partial charge in [-0.3, -0.25) is 0 Å². The molecule has 1 rings (SSSR count). The Hall–Kier alpha value is -1.59. The summed E-state index contributed by atoms with van der Waals surface area (Å²) < 4.78 is 5.39. The molecular formula is C11H16N2O3. The molecule has 16 heavy (non-hydrogen) atoms. The lowest BCUT2D eigenvalue weighted by molar-refractivity contribution is 0.0697. The van der Waals surface area contributed by atoms with Gasteiger partial charge in [-0.25, -0.2) is 4.79 Å². The van der Waals surface area contributed by atoms with Gasteiger partial charge in [-0.15, -0.1) is 0 Å². The van der Waals surface area contributed by atoms with Crippen molar-refractivity contribution in [3.8, 4) is 5.75 Å². The van der Waals surface area contributed by atoms with Crippen LogP contribution in [0, 0.1) is 0 Å². The van der Waals surface area contributed by atoms with Crippen LogP contribution in [0.3, 0.4) is 0 Å². The first-order chi connectivity index (χ1) is 7.74. The van der Waals surface area contributed by atoms with E-state index in [2.05, 4.69) is 5.32 Å². The third kappa shape index (κ3) is 4.29. The second-order valence-corrected chi connectivity index (χ2v) is 3.22. The van der Waals surface area contributed by atoms with Gasteiger partial charge in [0.1, 0.15) is 12.4 Å². The van der Waals surface area contributed by atoms with Crippen LogP contribution >= 0.6 is 0 Å². The van der Waals surface area contributed by atoms with Crippen LogP contribution in [0.2, 0.25) is 0 Å². The molecule has 0 aliphatic heterocycles. The Labute approximate surface area is 94.2 Å². The van der Waals surface area contributed by atoms with E-state index in [9.17, 15) is 4.79 Å². The molecule has 0 aliphatic rings. The van der Waals surface area contributed by atoms with Gasteiger partial charge < -0.3 is 20.9 Å². The summed E-state index contributed by atoms with van der Waals surface area (Å²) in [6.07, 6.45) is 0. The third-order valence-corrected chi connectivity index (χ3v) is 1.97. The van der Waals surface area contributed by atoms with Crippen LogP contribution in [0.1, 0.15) is 10.4 Å². The van der Waals surface area contributed by atoms with E-state index in [4.69, 9.17) is 15.6 Å². The molecule has 0 aromatic heterocycles. The summed E-state index contributed by atoms with van der Waals surface area (Å²) >= 11 is 0. The summed E-state index contributed by atoms with van der Waals surface area (Å²) in [5.41, 5.74) is 5.57. The van der Waals surface area contributed by atoms with Gasteiger partial charge in [0.15, 0.2) is 0 Å². The summed E-state index contributed by atoms with van der Waals surface area (Å²) in [6.45, 7) is 2.62. The lowest BCUT2D eigenvalue weighted by atomic mass is 10.2. The molecule has 0 fully saturated rings. The van der Waals surface area contributed by atoms with Crippen molar-refractivity contribution in [2.24, 2.45) is 5.73 Å². The second-order valence-electron chi connectivity index (χ2n) is 3.22. The predicted octanol–water partition coefficient (Wildman–Crippen LogP) is 0.312. The number of nitrogens with two attached hydrogens (primary N) is 1. The molecule has 0 radical (unpaired) electrons. The van der Waals surface area contributed by atoms with Crippen molar-refractivity contribution in [3.63, 3.8) is 0 Å². The zero-order chi connectivity index (χ0) is 11.8. The van der Waals surface area contributed by atoms with Crippen LogP contribution < -0.4 is 15.8 Å². The molecule has 4 N–H and O–H groups in total. The average molecular weight is 224 g/mol. The first-order valence-electron chi connectivity index (χ1n) is 5.11. The lowest BCUT2D eigenvalue weighted by Crippen LogP contribution is -2.26. The minimum Gasteiger partial charge on any atom is -0.492 e. The molecule has 0 amide bonds. The number of carbonyl (C=O) groups is 1. The Balaban J connectivity index is 2.29. The number of rotatable bonds is 7. The Morgan fingerprint density at radius 1 is 1.31 bits per heavy atom. The molecule has 0 aliphatic carbocycles. The molecule has 0 bridgehead atoms. The Morgan fingerprint density at radius 3 is 2.56 bits per heavy atom. The van der Waals surface area contributed by atoms with Crippen LogP contribution in [0.25, 0.3) is 0 Å².